The lowest BCUT2D eigenvalue weighted by Gasteiger charge is -2.15. The summed E-state index contributed by atoms with van der Waals surface area (Å²) in [6.07, 6.45) is 4.80. The molecule has 1 aliphatic heterocycles. The van der Waals surface area contributed by atoms with Crippen LogP contribution in [0.5, 0.6) is 5.75 Å². The molecule has 4 rings (SSSR count). The van der Waals surface area contributed by atoms with Crippen LogP contribution in [0.3, 0.4) is 0 Å². The van der Waals surface area contributed by atoms with Crippen LogP contribution in [-0.2, 0) is 0 Å². The minimum Gasteiger partial charge on any atom is -0.497 e. The Hall–Kier alpha value is -2.37. The molecule has 5 heteroatoms. The normalized spacial score (nSPS) is 20.6. The molecule has 0 amide bonds. The summed E-state index contributed by atoms with van der Waals surface area (Å²) in [6, 6.07) is 13.0. The van der Waals surface area contributed by atoms with Gasteiger partial charge < -0.3 is 19.7 Å². The monoisotopic (exact) mass is 323 g/mol. The standard InChI is InChI=1S/C19H21N3O2/c1-24-18-5-4-13-8-15(3-2-14(13)9-18)19-20-6-7-22(19)17-10-16(12-23)21-11-17/h2-9,16-17,21,23H,10-12H2,1H3/t16-,17+/m0/s1. The Morgan fingerprint density at radius 2 is 2.08 bits per heavy atom. The van der Waals surface area contributed by atoms with Gasteiger partial charge in [-0.15, -0.1) is 0 Å². The van der Waals surface area contributed by atoms with Gasteiger partial charge in [0.25, 0.3) is 0 Å². The highest BCUT2D eigenvalue weighted by atomic mass is 16.5. The van der Waals surface area contributed by atoms with Crippen molar-refractivity contribution in [1.29, 1.82) is 0 Å². The van der Waals surface area contributed by atoms with Crippen LogP contribution in [-0.4, -0.2) is 41.0 Å². The number of fused-ring (bicyclic) bond motifs is 1. The number of aliphatic hydroxyl groups excluding tert-OH is 1. The number of ether oxygens (including phenoxy) is 1. The van der Waals surface area contributed by atoms with Crippen LogP contribution in [0.2, 0.25) is 0 Å². The molecule has 0 unspecified atom stereocenters. The van der Waals surface area contributed by atoms with Crippen molar-refractivity contribution < 1.29 is 9.84 Å². The molecule has 1 aliphatic rings. The summed E-state index contributed by atoms with van der Waals surface area (Å²) in [6.45, 7) is 1.04. The van der Waals surface area contributed by atoms with Gasteiger partial charge in [-0.25, -0.2) is 4.98 Å². The third-order valence-electron chi connectivity index (χ3n) is 4.79. The van der Waals surface area contributed by atoms with E-state index in [9.17, 15) is 5.11 Å². The second-order valence-electron chi connectivity index (χ2n) is 6.26. The number of aromatic nitrogens is 2. The Labute approximate surface area is 140 Å². The number of benzene rings is 2. The molecular weight excluding hydrogens is 302 g/mol. The number of hydrogen-bond acceptors (Lipinski definition) is 4. The second-order valence-corrected chi connectivity index (χ2v) is 6.26. The zero-order valence-corrected chi connectivity index (χ0v) is 13.6. The van der Waals surface area contributed by atoms with Gasteiger partial charge in [0.2, 0.25) is 0 Å². The average molecular weight is 323 g/mol. The maximum absolute atomic E-state index is 9.33. The fourth-order valence-electron chi connectivity index (χ4n) is 3.47. The largest absolute Gasteiger partial charge is 0.497 e. The third-order valence-corrected chi connectivity index (χ3v) is 4.79. The Kier molecular flexibility index (Phi) is 3.96. The van der Waals surface area contributed by atoms with Crippen LogP contribution < -0.4 is 10.1 Å². The van der Waals surface area contributed by atoms with Gasteiger partial charge in [-0.2, -0.15) is 0 Å². The topological polar surface area (TPSA) is 59.3 Å². The molecule has 124 valence electrons. The number of nitrogens with one attached hydrogen (secondary N) is 1. The van der Waals surface area contributed by atoms with Crippen LogP contribution in [0.25, 0.3) is 22.2 Å². The van der Waals surface area contributed by atoms with Crippen molar-refractivity contribution in [3.05, 3.63) is 48.8 Å². The van der Waals surface area contributed by atoms with Crippen LogP contribution >= 0.6 is 0 Å². The van der Waals surface area contributed by atoms with Gasteiger partial charge in [-0.3, -0.25) is 0 Å². The van der Waals surface area contributed by atoms with Crippen molar-refractivity contribution in [2.75, 3.05) is 20.3 Å². The van der Waals surface area contributed by atoms with Crippen LogP contribution in [0.1, 0.15) is 12.5 Å². The fourth-order valence-corrected chi connectivity index (χ4v) is 3.47. The molecule has 0 bridgehead atoms. The van der Waals surface area contributed by atoms with E-state index in [1.807, 2.05) is 24.5 Å². The maximum atomic E-state index is 9.33. The minimum atomic E-state index is 0.175. The number of methoxy groups -OCH3 is 1. The Morgan fingerprint density at radius 1 is 1.25 bits per heavy atom. The molecule has 2 aromatic carbocycles. The van der Waals surface area contributed by atoms with E-state index in [2.05, 4.69) is 39.1 Å². The molecule has 24 heavy (non-hydrogen) atoms. The molecule has 0 radical (unpaired) electrons. The highest BCUT2D eigenvalue weighted by Crippen LogP contribution is 2.29. The molecule has 1 aromatic heterocycles. The molecule has 0 aliphatic carbocycles. The Morgan fingerprint density at radius 3 is 2.88 bits per heavy atom. The lowest BCUT2D eigenvalue weighted by atomic mass is 10.1. The first-order valence-electron chi connectivity index (χ1n) is 8.24. The van der Waals surface area contributed by atoms with E-state index >= 15 is 0 Å². The molecule has 3 aromatic rings. The number of imidazole rings is 1. The minimum absolute atomic E-state index is 0.175. The smallest absolute Gasteiger partial charge is 0.140 e. The summed E-state index contributed by atoms with van der Waals surface area (Å²) in [4.78, 5) is 4.57. The second kappa shape index (κ2) is 6.26. The lowest BCUT2D eigenvalue weighted by molar-refractivity contribution is 0.253. The predicted molar refractivity (Wildman–Crippen MR) is 94.3 cm³/mol. The lowest BCUT2D eigenvalue weighted by Crippen LogP contribution is -2.24. The quantitative estimate of drug-likeness (QED) is 0.775. The number of hydrogen-bond donors (Lipinski definition) is 2. The summed E-state index contributed by atoms with van der Waals surface area (Å²) in [5.74, 6) is 1.84. The van der Waals surface area contributed by atoms with E-state index in [1.165, 1.54) is 5.39 Å². The van der Waals surface area contributed by atoms with Gasteiger partial charge in [-0.05, 0) is 35.4 Å². The van der Waals surface area contributed by atoms with Crippen molar-refractivity contribution in [1.82, 2.24) is 14.9 Å². The van der Waals surface area contributed by atoms with E-state index in [4.69, 9.17) is 4.74 Å². The van der Waals surface area contributed by atoms with Crippen molar-refractivity contribution in [2.45, 2.75) is 18.5 Å². The Bertz CT molecular complexity index is 859. The molecular formula is C19H21N3O2. The number of nitrogens with zero attached hydrogens (tertiary/aromatic N) is 2. The van der Waals surface area contributed by atoms with Crippen LogP contribution in [0, 0.1) is 0 Å². The molecule has 5 nitrogen and oxygen atoms in total. The molecule has 2 atom stereocenters. The van der Waals surface area contributed by atoms with Crippen LogP contribution in [0.4, 0.5) is 0 Å². The van der Waals surface area contributed by atoms with Crippen molar-refractivity contribution >= 4 is 10.8 Å². The maximum Gasteiger partial charge on any atom is 0.140 e. The average Bonchev–Trinajstić information content (AvgIpc) is 3.29. The van der Waals surface area contributed by atoms with Gasteiger partial charge in [0.05, 0.1) is 13.7 Å². The van der Waals surface area contributed by atoms with Crippen LogP contribution in [0.15, 0.2) is 48.8 Å². The zero-order valence-electron chi connectivity index (χ0n) is 13.6. The molecule has 2 N–H and O–H groups in total. The molecule has 1 saturated heterocycles. The summed E-state index contributed by atoms with van der Waals surface area (Å²) in [5.41, 5.74) is 1.10. The van der Waals surface area contributed by atoms with Gasteiger partial charge in [0.15, 0.2) is 0 Å². The van der Waals surface area contributed by atoms with E-state index in [-0.39, 0.29) is 12.6 Å². The number of aliphatic hydroxyl groups is 1. The van der Waals surface area contributed by atoms with E-state index in [0.29, 0.717) is 6.04 Å². The SMILES string of the molecule is COc1ccc2cc(-c3nccn3[C@H]3CN[C@H](CO)C3)ccc2c1. The summed E-state index contributed by atoms with van der Waals surface area (Å²) >= 11 is 0. The first kappa shape index (κ1) is 15.2. The van der Waals surface area contributed by atoms with Crippen molar-refractivity contribution in [3.8, 4) is 17.1 Å². The summed E-state index contributed by atoms with van der Waals surface area (Å²) in [7, 11) is 1.68. The Balaban J connectivity index is 1.69. The highest BCUT2D eigenvalue weighted by Gasteiger charge is 2.26. The first-order chi connectivity index (χ1) is 11.8. The first-order valence-corrected chi connectivity index (χ1v) is 8.24. The van der Waals surface area contributed by atoms with Crippen molar-refractivity contribution in [2.24, 2.45) is 0 Å². The fraction of sp³-hybridized carbons (Fsp3) is 0.316. The molecule has 0 saturated carbocycles. The summed E-state index contributed by atoms with van der Waals surface area (Å²) in [5, 5.41) is 15.0. The predicted octanol–water partition coefficient (Wildman–Crippen LogP) is 2.61. The summed E-state index contributed by atoms with van der Waals surface area (Å²) < 4.78 is 7.50. The van der Waals surface area contributed by atoms with Crippen molar-refractivity contribution in [3.63, 3.8) is 0 Å². The molecule has 2 heterocycles. The third kappa shape index (κ3) is 2.66. The molecule has 0 spiro atoms. The van der Waals surface area contributed by atoms with E-state index in [1.54, 1.807) is 7.11 Å². The van der Waals surface area contributed by atoms with Gasteiger partial charge >= 0.3 is 0 Å². The van der Waals surface area contributed by atoms with E-state index < -0.39 is 0 Å². The van der Waals surface area contributed by atoms with E-state index in [0.717, 1.165) is 35.5 Å². The highest BCUT2D eigenvalue weighted by molar-refractivity contribution is 5.87. The van der Waals surface area contributed by atoms with Gasteiger partial charge in [0, 0.05) is 36.6 Å². The van der Waals surface area contributed by atoms with Gasteiger partial charge in [-0.1, -0.05) is 18.2 Å². The zero-order chi connectivity index (χ0) is 16.5. The van der Waals surface area contributed by atoms with Gasteiger partial charge in [0.1, 0.15) is 11.6 Å². The number of rotatable bonds is 4. The molecule has 1 fully saturated rings.